The Balaban J connectivity index is 1.27. The molecule has 158 valence electrons. The summed E-state index contributed by atoms with van der Waals surface area (Å²) in [5.74, 6) is 0.919. The summed E-state index contributed by atoms with van der Waals surface area (Å²) in [6.07, 6.45) is 9.47. The Labute approximate surface area is 172 Å². The van der Waals surface area contributed by atoms with Gasteiger partial charge in [0.15, 0.2) is 0 Å². The zero-order valence-corrected chi connectivity index (χ0v) is 17.3. The molecular formula is C21H32N6O2. The highest BCUT2D eigenvalue weighted by molar-refractivity contribution is 5.93. The summed E-state index contributed by atoms with van der Waals surface area (Å²) < 4.78 is 0. The summed E-state index contributed by atoms with van der Waals surface area (Å²) in [7, 11) is 0. The maximum Gasteiger partial charge on any atom is 0.256 e. The minimum Gasteiger partial charge on any atom is -0.355 e. The molecule has 2 amide bonds. The Hall–Kier alpha value is -2.22. The number of nitrogens with zero attached hydrogens (tertiary/aromatic N) is 4. The smallest absolute Gasteiger partial charge is 0.256 e. The minimum absolute atomic E-state index is 0.00632. The van der Waals surface area contributed by atoms with Gasteiger partial charge in [-0.25, -0.2) is 9.97 Å². The Kier molecular flexibility index (Phi) is 6.28. The van der Waals surface area contributed by atoms with Crippen molar-refractivity contribution in [1.29, 1.82) is 0 Å². The molecule has 1 saturated carbocycles. The molecule has 0 spiro atoms. The van der Waals surface area contributed by atoms with Crippen molar-refractivity contribution in [3.8, 4) is 0 Å². The topological polar surface area (TPSA) is 90.5 Å². The first kappa shape index (κ1) is 20.1. The van der Waals surface area contributed by atoms with Crippen LogP contribution in [0.4, 0.5) is 5.95 Å². The minimum atomic E-state index is 0.00632. The molecule has 0 aromatic carbocycles. The normalized spacial score (nSPS) is 23.6. The van der Waals surface area contributed by atoms with Crippen molar-refractivity contribution < 1.29 is 9.59 Å². The fourth-order valence-electron chi connectivity index (χ4n) is 4.40. The van der Waals surface area contributed by atoms with Crippen molar-refractivity contribution in [2.75, 3.05) is 38.0 Å². The van der Waals surface area contributed by atoms with E-state index in [9.17, 15) is 9.59 Å². The Morgan fingerprint density at radius 3 is 2.45 bits per heavy atom. The van der Waals surface area contributed by atoms with Crippen LogP contribution in [0.5, 0.6) is 0 Å². The first-order valence-electron chi connectivity index (χ1n) is 11.0. The summed E-state index contributed by atoms with van der Waals surface area (Å²) >= 11 is 0. The maximum atomic E-state index is 12.8. The molecule has 1 aliphatic carbocycles. The third-order valence-corrected chi connectivity index (χ3v) is 6.25. The molecule has 2 aliphatic heterocycles. The van der Waals surface area contributed by atoms with Crippen molar-refractivity contribution in [2.45, 2.75) is 57.5 Å². The van der Waals surface area contributed by atoms with Crippen molar-refractivity contribution in [3.63, 3.8) is 0 Å². The molecule has 8 heteroatoms. The number of rotatable bonds is 6. The zero-order chi connectivity index (χ0) is 20.2. The van der Waals surface area contributed by atoms with Crippen LogP contribution in [0.15, 0.2) is 12.4 Å². The van der Waals surface area contributed by atoms with E-state index in [0.29, 0.717) is 23.6 Å². The molecule has 0 bridgehead atoms. The fourth-order valence-corrected chi connectivity index (χ4v) is 4.40. The number of hydrogen-bond donors (Lipinski definition) is 2. The van der Waals surface area contributed by atoms with E-state index in [-0.39, 0.29) is 17.7 Å². The van der Waals surface area contributed by atoms with Gasteiger partial charge in [-0.1, -0.05) is 0 Å². The molecule has 0 radical (unpaired) electrons. The van der Waals surface area contributed by atoms with Gasteiger partial charge in [0.1, 0.15) is 0 Å². The zero-order valence-electron chi connectivity index (χ0n) is 17.3. The molecule has 2 N–H and O–H groups in total. The van der Waals surface area contributed by atoms with Crippen LogP contribution < -0.4 is 10.6 Å². The molecule has 3 heterocycles. The van der Waals surface area contributed by atoms with Crippen LogP contribution in [0.2, 0.25) is 0 Å². The predicted octanol–water partition coefficient (Wildman–Crippen LogP) is 1.50. The van der Waals surface area contributed by atoms with Gasteiger partial charge in [0.25, 0.3) is 5.91 Å². The number of hydrogen-bond acceptors (Lipinski definition) is 6. The molecule has 1 aromatic rings. The molecule has 8 nitrogen and oxygen atoms in total. The van der Waals surface area contributed by atoms with E-state index in [1.54, 1.807) is 12.4 Å². The summed E-state index contributed by atoms with van der Waals surface area (Å²) in [5, 5.41) is 6.20. The van der Waals surface area contributed by atoms with Gasteiger partial charge in [0.2, 0.25) is 11.9 Å². The lowest BCUT2D eigenvalue weighted by Crippen LogP contribution is -2.51. The first-order chi connectivity index (χ1) is 14.1. The van der Waals surface area contributed by atoms with Crippen LogP contribution in [-0.2, 0) is 4.79 Å². The Bertz CT molecular complexity index is 712. The number of anilines is 1. The summed E-state index contributed by atoms with van der Waals surface area (Å²) in [6, 6.07) is 0.894. The maximum absolute atomic E-state index is 12.8. The molecule has 1 unspecified atom stereocenters. The number of piperidine rings is 2. The van der Waals surface area contributed by atoms with Gasteiger partial charge in [-0.15, -0.1) is 0 Å². The molecule has 1 aromatic heterocycles. The third kappa shape index (κ3) is 5.04. The van der Waals surface area contributed by atoms with E-state index in [1.165, 1.54) is 0 Å². The number of nitrogens with one attached hydrogen (secondary N) is 2. The number of amides is 2. The van der Waals surface area contributed by atoms with Gasteiger partial charge in [-0.3, -0.25) is 14.5 Å². The quantitative estimate of drug-likeness (QED) is 0.752. The molecule has 4 rings (SSSR count). The lowest BCUT2D eigenvalue weighted by atomic mass is 9.93. The second-order valence-electron chi connectivity index (χ2n) is 8.47. The summed E-state index contributed by atoms with van der Waals surface area (Å²) in [5.41, 5.74) is 0.542. The predicted molar refractivity (Wildman–Crippen MR) is 111 cm³/mol. The van der Waals surface area contributed by atoms with Crippen molar-refractivity contribution >= 4 is 17.8 Å². The van der Waals surface area contributed by atoms with E-state index < -0.39 is 0 Å². The summed E-state index contributed by atoms with van der Waals surface area (Å²) in [6.45, 7) is 6.14. The van der Waals surface area contributed by atoms with Gasteiger partial charge >= 0.3 is 0 Å². The van der Waals surface area contributed by atoms with Crippen LogP contribution in [0.3, 0.4) is 0 Å². The highest BCUT2D eigenvalue weighted by Crippen LogP contribution is 2.26. The van der Waals surface area contributed by atoms with E-state index in [1.807, 2.05) is 11.8 Å². The molecule has 3 aliphatic rings. The van der Waals surface area contributed by atoms with Gasteiger partial charge in [-0.2, -0.15) is 0 Å². The second kappa shape index (κ2) is 9.07. The lowest BCUT2D eigenvalue weighted by molar-refractivity contribution is -0.127. The average Bonchev–Trinajstić information content (AvgIpc) is 3.58. The highest BCUT2D eigenvalue weighted by Gasteiger charge is 2.34. The number of carbonyl (C=O) groups is 2. The van der Waals surface area contributed by atoms with E-state index in [4.69, 9.17) is 0 Å². The highest BCUT2D eigenvalue weighted by atomic mass is 16.2. The average molecular weight is 401 g/mol. The fraction of sp³-hybridized carbons (Fsp3) is 0.714. The van der Waals surface area contributed by atoms with Crippen molar-refractivity contribution in [3.05, 3.63) is 18.0 Å². The SMILES string of the molecule is CCNc1ncc(C(=O)N2CCC(N3CCCC(C(=O)NC4CC4)C3)CC2)cn1. The number of carbonyl (C=O) groups excluding carboxylic acids is 2. The number of aromatic nitrogens is 2. The van der Waals surface area contributed by atoms with Crippen molar-refractivity contribution in [1.82, 2.24) is 25.1 Å². The van der Waals surface area contributed by atoms with Crippen molar-refractivity contribution in [2.24, 2.45) is 5.92 Å². The molecular weight excluding hydrogens is 368 g/mol. The van der Waals surface area contributed by atoms with Gasteiger partial charge < -0.3 is 15.5 Å². The first-order valence-corrected chi connectivity index (χ1v) is 11.0. The Morgan fingerprint density at radius 1 is 1.07 bits per heavy atom. The van der Waals surface area contributed by atoms with Gasteiger partial charge in [-0.05, 0) is 52.0 Å². The standard InChI is InChI=1S/C21H32N6O2/c1-2-22-21-23-12-16(13-24-21)20(29)26-10-7-18(8-11-26)27-9-3-4-15(14-27)19(28)25-17-5-6-17/h12-13,15,17-18H,2-11,14H2,1H3,(H,25,28)(H,22,23,24). The van der Waals surface area contributed by atoms with Gasteiger partial charge in [0, 0.05) is 50.7 Å². The number of likely N-dealkylation sites (tertiary alicyclic amines) is 2. The molecule has 1 atom stereocenters. The Morgan fingerprint density at radius 2 is 1.79 bits per heavy atom. The third-order valence-electron chi connectivity index (χ3n) is 6.25. The van der Waals surface area contributed by atoms with Crippen LogP contribution in [0, 0.1) is 5.92 Å². The van der Waals surface area contributed by atoms with Crippen LogP contribution in [-0.4, -0.2) is 76.4 Å². The van der Waals surface area contributed by atoms with Crippen LogP contribution in [0.25, 0.3) is 0 Å². The van der Waals surface area contributed by atoms with E-state index >= 15 is 0 Å². The van der Waals surface area contributed by atoms with Crippen LogP contribution >= 0.6 is 0 Å². The van der Waals surface area contributed by atoms with Crippen LogP contribution in [0.1, 0.15) is 55.8 Å². The van der Waals surface area contributed by atoms with E-state index in [0.717, 1.165) is 71.2 Å². The van der Waals surface area contributed by atoms with E-state index in [2.05, 4.69) is 25.5 Å². The monoisotopic (exact) mass is 400 g/mol. The largest absolute Gasteiger partial charge is 0.355 e. The molecule has 29 heavy (non-hydrogen) atoms. The molecule has 2 saturated heterocycles. The van der Waals surface area contributed by atoms with Gasteiger partial charge in [0.05, 0.1) is 11.5 Å². The lowest BCUT2D eigenvalue weighted by Gasteiger charge is -2.42. The second-order valence-corrected chi connectivity index (χ2v) is 8.47. The summed E-state index contributed by atoms with van der Waals surface area (Å²) in [4.78, 5) is 38.0. The molecule has 3 fully saturated rings.